The second-order valence-electron chi connectivity index (χ2n) is 4.77. The highest BCUT2D eigenvalue weighted by Gasteiger charge is 2.22. The van der Waals surface area contributed by atoms with Gasteiger partial charge in [0.1, 0.15) is 5.01 Å². The standard InChI is InChI=1S/C13H23N3S/c1-3-12-8-15-13(17-12)10-16-6-5-11(9-16)7-14-4-2/h8,11,14H,3-7,9-10H2,1-2H3. The first-order valence-electron chi connectivity index (χ1n) is 6.68. The summed E-state index contributed by atoms with van der Waals surface area (Å²) in [5.41, 5.74) is 0. The first-order chi connectivity index (χ1) is 8.31. The molecule has 1 aliphatic heterocycles. The van der Waals surface area contributed by atoms with Crippen LogP contribution in [-0.4, -0.2) is 36.1 Å². The molecule has 1 aliphatic rings. The van der Waals surface area contributed by atoms with E-state index in [1.165, 1.54) is 35.9 Å². The zero-order chi connectivity index (χ0) is 12.1. The molecular formula is C13H23N3S. The van der Waals surface area contributed by atoms with E-state index in [4.69, 9.17) is 0 Å². The van der Waals surface area contributed by atoms with Crippen molar-refractivity contribution in [2.75, 3.05) is 26.2 Å². The Morgan fingerprint density at radius 1 is 1.53 bits per heavy atom. The molecule has 0 aromatic carbocycles. The van der Waals surface area contributed by atoms with Crippen LogP contribution in [-0.2, 0) is 13.0 Å². The van der Waals surface area contributed by atoms with Crippen molar-refractivity contribution in [3.63, 3.8) is 0 Å². The van der Waals surface area contributed by atoms with Crippen LogP contribution in [0.3, 0.4) is 0 Å². The van der Waals surface area contributed by atoms with Crippen LogP contribution in [0.15, 0.2) is 6.20 Å². The molecule has 0 spiro atoms. The number of thiazole rings is 1. The van der Waals surface area contributed by atoms with E-state index in [2.05, 4.69) is 29.0 Å². The Bertz CT molecular complexity index is 337. The smallest absolute Gasteiger partial charge is 0.107 e. The van der Waals surface area contributed by atoms with Crippen molar-refractivity contribution in [3.8, 4) is 0 Å². The summed E-state index contributed by atoms with van der Waals surface area (Å²) in [5.74, 6) is 0.834. The fraction of sp³-hybridized carbons (Fsp3) is 0.769. The van der Waals surface area contributed by atoms with Gasteiger partial charge in [-0.15, -0.1) is 11.3 Å². The highest BCUT2D eigenvalue weighted by molar-refractivity contribution is 7.11. The summed E-state index contributed by atoms with van der Waals surface area (Å²) < 4.78 is 0. The van der Waals surface area contributed by atoms with E-state index >= 15 is 0 Å². The average Bonchev–Trinajstić information content (AvgIpc) is 2.96. The van der Waals surface area contributed by atoms with Gasteiger partial charge in [0.2, 0.25) is 0 Å². The van der Waals surface area contributed by atoms with E-state index in [0.29, 0.717) is 0 Å². The van der Waals surface area contributed by atoms with E-state index in [9.17, 15) is 0 Å². The van der Waals surface area contributed by atoms with Crippen molar-refractivity contribution in [1.29, 1.82) is 0 Å². The Morgan fingerprint density at radius 2 is 2.41 bits per heavy atom. The molecule has 1 fully saturated rings. The van der Waals surface area contributed by atoms with Crippen molar-refractivity contribution < 1.29 is 0 Å². The van der Waals surface area contributed by atoms with Crippen LogP contribution in [0.4, 0.5) is 0 Å². The lowest BCUT2D eigenvalue weighted by atomic mass is 10.1. The van der Waals surface area contributed by atoms with Crippen LogP contribution in [0.5, 0.6) is 0 Å². The van der Waals surface area contributed by atoms with Crippen LogP contribution in [0, 0.1) is 5.92 Å². The van der Waals surface area contributed by atoms with E-state index in [0.717, 1.165) is 25.4 Å². The molecule has 1 aromatic rings. The van der Waals surface area contributed by atoms with Gasteiger partial charge in [-0.2, -0.15) is 0 Å². The molecule has 3 nitrogen and oxygen atoms in total. The fourth-order valence-electron chi connectivity index (χ4n) is 2.35. The van der Waals surface area contributed by atoms with Gasteiger partial charge in [-0.1, -0.05) is 13.8 Å². The number of aromatic nitrogens is 1. The molecule has 1 atom stereocenters. The molecule has 1 aromatic heterocycles. The van der Waals surface area contributed by atoms with Gasteiger partial charge in [0, 0.05) is 17.6 Å². The van der Waals surface area contributed by atoms with Crippen LogP contribution < -0.4 is 5.32 Å². The molecule has 1 unspecified atom stereocenters. The number of likely N-dealkylation sites (tertiary alicyclic amines) is 1. The lowest BCUT2D eigenvalue weighted by molar-refractivity contribution is 0.314. The number of nitrogens with one attached hydrogen (secondary N) is 1. The summed E-state index contributed by atoms with van der Waals surface area (Å²) in [6.07, 6.45) is 4.48. The van der Waals surface area contributed by atoms with Crippen molar-refractivity contribution in [2.24, 2.45) is 5.92 Å². The second kappa shape index (κ2) is 6.47. The van der Waals surface area contributed by atoms with Gasteiger partial charge in [0.15, 0.2) is 0 Å². The Kier molecular flexibility index (Phi) is 4.95. The number of aryl methyl sites for hydroxylation is 1. The summed E-state index contributed by atoms with van der Waals surface area (Å²) in [5, 5.41) is 4.73. The maximum atomic E-state index is 4.50. The van der Waals surface area contributed by atoms with E-state index in [-0.39, 0.29) is 0 Å². The molecular weight excluding hydrogens is 230 g/mol. The Balaban J connectivity index is 1.77. The minimum atomic E-state index is 0.834. The molecule has 0 bridgehead atoms. The summed E-state index contributed by atoms with van der Waals surface area (Å²) in [7, 11) is 0. The molecule has 1 saturated heterocycles. The maximum Gasteiger partial charge on any atom is 0.107 e. The molecule has 0 saturated carbocycles. The predicted molar refractivity (Wildman–Crippen MR) is 73.4 cm³/mol. The quantitative estimate of drug-likeness (QED) is 0.842. The lowest BCUT2D eigenvalue weighted by Crippen LogP contribution is -2.26. The van der Waals surface area contributed by atoms with Gasteiger partial charge in [0.25, 0.3) is 0 Å². The number of nitrogens with zero attached hydrogens (tertiary/aromatic N) is 2. The predicted octanol–water partition coefficient (Wildman–Crippen LogP) is 2.14. The molecule has 0 aliphatic carbocycles. The second-order valence-corrected chi connectivity index (χ2v) is 5.97. The topological polar surface area (TPSA) is 28.2 Å². The van der Waals surface area contributed by atoms with E-state index < -0.39 is 0 Å². The zero-order valence-corrected chi connectivity index (χ0v) is 11.7. The van der Waals surface area contributed by atoms with Crippen LogP contribution in [0.1, 0.15) is 30.2 Å². The van der Waals surface area contributed by atoms with Gasteiger partial charge in [0.05, 0.1) is 6.54 Å². The first-order valence-corrected chi connectivity index (χ1v) is 7.50. The summed E-state index contributed by atoms with van der Waals surface area (Å²) in [6.45, 7) is 10.1. The van der Waals surface area contributed by atoms with Gasteiger partial charge in [-0.3, -0.25) is 4.90 Å². The highest BCUT2D eigenvalue weighted by Crippen LogP contribution is 2.20. The van der Waals surface area contributed by atoms with Gasteiger partial charge in [-0.05, 0) is 38.4 Å². The van der Waals surface area contributed by atoms with Crippen LogP contribution in [0.2, 0.25) is 0 Å². The monoisotopic (exact) mass is 253 g/mol. The Hall–Kier alpha value is -0.450. The zero-order valence-electron chi connectivity index (χ0n) is 10.9. The molecule has 0 amide bonds. The van der Waals surface area contributed by atoms with E-state index in [1.54, 1.807) is 0 Å². The van der Waals surface area contributed by atoms with Gasteiger partial charge in [-0.25, -0.2) is 4.98 Å². The normalized spacial score (nSPS) is 21.2. The minimum Gasteiger partial charge on any atom is -0.317 e. The number of hydrogen-bond donors (Lipinski definition) is 1. The third-order valence-corrected chi connectivity index (χ3v) is 4.49. The van der Waals surface area contributed by atoms with Crippen LogP contribution >= 0.6 is 11.3 Å². The third kappa shape index (κ3) is 3.76. The molecule has 0 radical (unpaired) electrons. The molecule has 96 valence electrons. The lowest BCUT2D eigenvalue weighted by Gasteiger charge is -2.14. The largest absolute Gasteiger partial charge is 0.317 e. The summed E-state index contributed by atoms with van der Waals surface area (Å²) in [6, 6.07) is 0. The summed E-state index contributed by atoms with van der Waals surface area (Å²) in [4.78, 5) is 8.45. The number of rotatable bonds is 6. The van der Waals surface area contributed by atoms with E-state index in [1.807, 2.05) is 17.5 Å². The maximum absolute atomic E-state index is 4.50. The first kappa shape index (κ1) is 13.0. The number of hydrogen-bond acceptors (Lipinski definition) is 4. The SMILES string of the molecule is CCNCC1CCN(Cc2ncc(CC)s2)C1. The van der Waals surface area contributed by atoms with Crippen molar-refractivity contribution in [2.45, 2.75) is 33.2 Å². The summed E-state index contributed by atoms with van der Waals surface area (Å²) >= 11 is 1.87. The molecule has 2 rings (SSSR count). The molecule has 17 heavy (non-hydrogen) atoms. The average molecular weight is 253 g/mol. The molecule has 1 N–H and O–H groups in total. The Morgan fingerprint density at radius 3 is 3.12 bits per heavy atom. The van der Waals surface area contributed by atoms with Crippen molar-refractivity contribution >= 4 is 11.3 Å². The minimum absolute atomic E-state index is 0.834. The van der Waals surface area contributed by atoms with Crippen molar-refractivity contribution in [3.05, 3.63) is 16.1 Å². The fourth-order valence-corrected chi connectivity index (χ4v) is 3.25. The van der Waals surface area contributed by atoms with Crippen LogP contribution in [0.25, 0.3) is 0 Å². The van der Waals surface area contributed by atoms with Gasteiger partial charge >= 0.3 is 0 Å². The Labute approximate surface area is 108 Å². The van der Waals surface area contributed by atoms with Crippen molar-refractivity contribution in [1.82, 2.24) is 15.2 Å². The molecule has 2 heterocycles. The molecule has 4 heteroatoms. The van der Waals surface area contributed by atoms with Gasteiger partial charge < -0.3 is 5.32 Å². The highest BCUT2D eigenvalue weighted by atomic mass is 32.1. The third-order valence-electron chi connectivity index (χ3n) is 3.36.